The minimum absolute atomic E-state index is 0. The van der Waals surface area contributed by atoms with Gasteiger partial charge >= 0.3 is 0 Å². The summed E-state index contributed by atoms with van der Waals surface area (Å²) in [5.41, 5.74) is 0. The van der Waals surface area contributed by atoms with Gasteiger partial charge in [0.15, 0.2) is 5.96 Å². The summed E-state index contributed by atoms with van der Waals surface area (Å²) in [5.74, 6) is 1.86. The predicted molar refractivity (Wildman–Crippen MR) is 121 cm³/mol. The molecule has 1 fully saturated rings. The van der Waals surface area contributed by atoms with Gasteiger partial charge in [-0.15, -0.1) is 29.1 Å². The molecule has 0 amide bonds. The highest BCUT2D eigenvalue weighted by molar-refractivity contribution is 14.0. The first-order valence-electron chi connectivity index (χ1n) is 9.98. The fraction of sp³-hybridized carbons (Fsp3) is 0.632. The van der Waals surface area contributed by atoms with Crippen LogP contribution in [0.4, 0.5) is 0 Å². The lowest BCUT2D eigenvalue weighted by atomic mass is 10.2. The monoisotopic (exact) mass is 501 g/mol. The maximum atomic E-state index is 5.40. The van der Waals surface area contributed by atoms with E-state index in [4.69, 9.17) is 9.41 Å². The largest absolute Gasteiger partial charge is 0.469 e. The van der Waals surface area contributed by atoms with E-state index in [2.05, 4.69) is 32.8 Å². The Morgan fingerprint density at radius 1 is 1.36 bits per heavy atom. The van der Waals surface area contributed by atoms with Crippen molar-refractivity contribution < 1.29 is 4.42 Å². The molecule has 1 atom stereocenters. The molecular formula is C19H32IN7O. The van der Waals surface area contributed by atoms with Crippen molar-refractivity contribution in [3.05, 3.63) is 36.5 Å². The number of aryl methyl sites for hydroxylation is 1. The van der Waals surface area contributed by atoms with Gasteiger partial charge < -0.3 is 15.1 Å². The van der Waals surface area contributed by atoms with Crippen LogP contribution in [0.25, 0.3) is 0 Å². The van der Waals surface area contributed by atoms with Gasteiger partial charge in [0, 0.05) is 38.3 Å². The van der Waals surface area contributed by atoms with Crippen LogP contribution in [0.3, 0.4) is 0 Å². The lowest BCUT2D eigenvalue weighted by molar-refractivity contribution is 0.273. The van der Waals surface area contributed by atoms with E-state index in [9.17, 15) is 0 Å². The smallest absolute Gasteiger partial charge is 0.191 e. The maximum absolute atomic E-state index is 5.40. The van der Waals surface area contributed by atoms with Gasteiger partial charge in [0.05, 0.1) is 19.0 Å². The molecule has 0 aromatic carbocycles. The van der Waals surface area contributed by atoms with Crippen molar-refractivity contribution >= 4 is 29.9 Å². The second-order valence-corrected chi connectivity index (χ2v) is 6.82. The van der Waals surface area contributed by atoms with Crippen LogP contribution in [0.1, 0.15) is 31.9 Å². The van der Waals surface area contributed by atoms with Crippen molar-refractivity contribution in [1.29, 1.82) is 0 Å². The number of furan rings is 1. The van der Waals surface area contributed by atoms with Crippen LogP contribution in [0.5, 0.6) is 0 Å². The summed E-state index contributed by atoms with van der Waals surface area (Å²) in [6.45, 7) is 7.86. The number of aliphatic imine (C=N–C) groups is 1. The van der Waals surface area contributed by atoms with Crippen molar-refractivity contribution in [3.63, 3.8) is 0 Å². The molecule has 9 heteroatoms. The quantitative estimate of drug-likeness (QED) is 0.225. The van der Waals surface area contributed by atoms with E-state index in [1.165, 1.54) is 19.4 Å². The molecule has 0 aliphatic carbocycles. The van der Waals surface area contributed by atoms with E-state index >= 15 is 0 Å². The Morgan fingerprint density at radius 2 is 2.25 bits per heavy atom. The molecule has 156 valence electrons. The highest BCUT2D eigenvalue weighted by Crippen LogP contribution is 2.16. The Morgan fingerprint density at radius 3 is 3.00 bits per heavy atom. The van der Waals surface area contributed by atoms with E-state index in [0.717, 1.165) is 57.3 Å². The van der Waals surface area contributed by atoms with Crippen molar-refractivity contribution in [2.75, 3.05) is 32.7 Å². The first-order chi connectivity index (χ1) is 13.3. The van der Waals surface area contributed by atoms with Gasteiger partial charge in [0.25, 0.3) is 0 Å². The normalized spacial score (nSPS) is 17.5. The van der Waals surface area contributed by atoms with Crippen LogP contribution in [0.2, 0.25) is 0 Å². The molecule has 28 heavy (non-hydrogen) atoms. The molecule has 1 aliphatic rings. The van der Waals surface area contributed by atoms with Gasteiger partial charge in [-0.2, -0.15) is 0 Å². The molecule has 2 N–H and O–H groups in total. The molecule has 1 saturated heterocycles. The second kappa shape index (κ2) is 12.8. The van der Waals surface area contributed by atoms with Crippen molar-refractivity contribution in [3.8, 4) is 0 Å². The number of nitrogens with one attached hydrogen (secondary N) is 2. The number of likely N-dealkylation sites (N-methyl/N-ethyl adjacent to an activating group) is 1. The van der Waals surface area contributed by atoms with E-state index < -0.39 is 0 Å². The summed E-state index contributed by atoms with van der Waals surface area (Å²) in [7, 11) is 0. The Hall–Kier alpha value is -1.62. The zero-order chi connectivity index (χ0) is 18.7. The van der Waals surface area contributed by atoms with Crippen LogP contribution in [-0.2, 0) is 13.0 Å². The Bertz CT molecular complexity index is 660. The van der Waals surface area contributed by atoms with E-state index in [1.54, 1.807) is 12.5 Å². The highest BCUT2D eigenvalue weighted by Gasteiger charge is 2.22. The van der Waals surface area contributed by atoms with Gasteiger partial charge in [-0.25, -0.2) is 0 Å². The average Bonchev–Trinajstić information content (AvgIpc) is 3.45. The fourth-order valence-electron chi connectivity index (χ4n) is 3.45. The summed E-state index contributed by atoms with van der Waals surface area (Å²) >= 11 is 0. The summed E-state index contributed by atoms with van der Waals surface area (Å²) in [6.07, 6.45) is 9.63. The molecule has 2 aromatic heterocycles. The van der Waals surface area contributed by atoms with Gasteiger partial charge in [-0.1, -0.05) is 12.1 Å². The number of halogens is 1. The lowest BCUT2D eigenvalue weighted by Gasteiger charge is -2.21. The van der Waals surface area contributed by atoms with Gasteiger partial charge in [-0.3, -0.25) is 14.6 Å². The average molecular weight is 501 g/mol. The third-order valence-corrected chi connectivity index (χ3v) is 4.94. The molecule has 3 heterocycles. The topological polar surface area (TPSA) is 83.5 Å². The molecular weight excluding hydrogens is 469 g/mol. The third-order valence-electron chi connectivity index (χ3n) is 4.94. The molecule has 0 bridgehead atoms. The molecule has 2 aromatic rings. The predicted octanol–water partition coefficient (Wildman–Crippen LogP) is 2.14. The molecule has 3 rings (SSSR count). The molecule has 1 aliphatic heterocycles. The van der Waals surface area contributed by atoms with Gasteiger partial charge in [0.2, 0.25) is 0 Å². The Labute approximate surface area is 184 Å². The number of rotatable bonds is 10. The fourth-order valence-corrected chi connectivity index (χ4v) is 3.45. The number of hydrogen-bond acceptors (Lipinski definition) is 5. The summed E-state index contributed by atoms with van der Waals surface area (Å²) in [6, 6.07) is 4.49. The SMILES string of the molecule is CCN1CCCC1CN=C(NCCCn1ccnn1)NCCc1ccco1.I. The van der Waals surface area contributed by atoms with E-state index in [-0.39, 0.29) is 24.0 Å². The molecule has 0 saturated carbocycles. The summed E-state index contributed by atoms with van der Waals surface area (Å²) < 4.78 is 7.25. The van der Waals surface area contributed by atoms with E-state index in [1.807, 2.05) is 23.0 Å². The number of nitrogens with zero attached hydrogens (tertiary/aromatic N) is 5. The molecule has 8 nitrogen and oxygen atoms in total. The van der Waals surface area contributed by atoms with E-state index in [0.29, 0.717) is 6.04 Å². The van der Waals surface area contributed by atoms with Crippen molar-refractivity contribution in [2.24, 2.45) is 4.99 Å². The maximum Gasteiger partial charge on any atom is 0.191 e. The minimum Gasteiger partial charge on any atom is -0.469 e. The van der Waals surface area contributed by atoms with Crippen LogP contribution in [-0.4, -0.2) is 64.6 Å². The Balaban J connectivity index is 0.00000280. The third kappa shape index (κ3) is 7.42. The second-order valence-electron chi connectivity index (χ2n) is 6.82. The van der Waals surface area contributed by atoms with Gasteiger partial charge in [0.1, 0.15) is 5.76 Å². The zero-order valence-electron chi connectivity index (χ0n) is 16.6. The number of hydrogen-bond donors (Lipinski definition) is 2. The lowest BCUT2D eigenvalue weighted by Crippen LogP contribution is -2.40. The molecule has 0 spiro atoms. The summed E-state index contributed by atoms with van der Waals surface area (Å²) in [4.78, 5) is 7.37. The van der Waals surface area contributed by atoms with Crippen LogP contribution < -0.4 is 10.6 Å². The van der Waals surface area contributed by atoms with Crippen molar-refractivity contribution in [1.82, 2.24) is 30.5 Å². The Kier molecular flexibility index (Phi) is 10.3. The minimum atomic E-state index is 0. The highest BCUT2D eigenvalue weighted by atomic mass is 127. The molecule has 1 unspecified atom stereocenters. The first kappa shape index (κ1) is 22.7. The van der Waals surface area contributed by atoms with Crippen molar-refractivity contribution in [2.45, 2.75) is 45.2 Å². The van der Waals surface area contributed by atoms with Crippen LogP contribution >= 0.6 is 24.0 Å². The van der Waals surface area contributed by atoms with Crippen LogP contribution in [0, 0.1) is 0 Å². The first-order valence-corrected chi connectivity index (χ1v) is 9.98. The number of aromatic nitrogens is 3. The van der Waals surface area contributed by atoms with Gasteiger partial charge in [-0.05, 0) is 44.5 Å². The molecule has 0 radical (unpaired) electrons. The summed E-state index contributed by atoms with van der Waals surface area (Å²) in [5, 5.41) is 14.7. The zero-order valence-corrected chi connectivity index (χ0v) is 18.9. The number of likely N-dealkylation sites (tertiary alicyclic amines) is 1. The standard InChI is InChI=1S/C19H31N7O.HI/c1-2-25-12-3-6-17(25)16-22-19(21-10-8-18-7-4-15-27-18)20-9-5-13-26-14-11-23-24-26;/h4,7,11,14-15,17H,2-3,5-6,8-10,12-13,16H2,1H3,(H2,20,21,22);1H. The van der Waals surface area contributed by atoms with Crippen LogP contribution in [0.15, 0.2) is 40.2 Å². The number of guanidine groups is 1.